The van der Waals surface area contributed by atoms with Crippen LogP contribution >= 0.6 is 0 Å². The van der Waals surface area contributed by atoms with Gasteiger partial charge >= 0.3 is 0 Å². The average Bonchev–Trinajstić information content (AvgIpc) is 3.01. The van der Waals surface area contributed by atoms with Crippen molar-refractivity contribution in [2.75, 3.05) is 39.3 Å². The van der Waals surface area contributed by atoms with Crippen LogP contribution < -0.4 is 0 Å². The Morgan fingerprint density at radius 3 is 2.13 bits per heavy atom. The van der Waals surface area contributed by atoms with Crippen LogP contribution in [0, 0.1) is 11.8 Å². The molecule has 1 saturated heterocycles. The maximum absolute atomic E-state index is 2.67. The van der Waals surface area contributed by atoms with Crippen LogP contribution in [0.5, 0.6) is 0 Å². The molecule has 2 aliphatic rings. The zero-order valence-corrected chi connectivity index (χ0v) is 10.4. The molecule has 2 heteroatoms. The van der Waals surface area contributed by atoms with E-state index < -0.39 is 0 Å². The fraction of sp³-hybridized carbons (Fsp3) is 1.00. The second-order valence-corrected chi connectivity index (χ2v) is 5.77. The molecule has 1 aliphatic heterocycles. The maximum atomic E-state index is 2.67. The van der Waals surface area contributed by atoms with Crippen molar-refractivity contribution in [2.45, 2.75) is 33.1 Å². The molecule has 1 heterocycles. The summed E-state index contributed by atoms with van der Waals surface area (Å²) in [6.07, 6.45) is 4.35. The van der Waals surface area contributed by atoms with Gasteiger partial charge in [-0.25, -0.2) is 0 Å². The predicted molar refractivity (Wildman–Crippen MR) is 65.1 cm³/mol. The van der Waals surface area contributed by atoms with Crippen molar-refractivity contribution in [3.05, 3.63) is 0 Å². The quantitative estimate of drug-likeness (QED) is 0.685. The Kier molecular flexibility index (Phi) is 4.04. The van der Waals surface area contributed by atoms with Gasteiger partial charge in [-0.15, -0.1) is 0 Å². The van der Waals surface area contributed by atoms with E-state index in [0.29, 0.717) is 0 Å². The lowest BCUT2D eigenvalue weighted by Crippen LogP contribution is -2.47. The summed E-state index contributed by atoms with van der Waals surface area (Å²) in [5.41, 5.74) is 0. The Balaban J connectivity index is 1.58. The van der Waals surface area contributed by atoms with Crippen molar-refractivity contribution in [1.82, 2.24) is 9.80 Å². The fourth-order valence-corrected chi connectivity index (χ4v) is 2.30. The first-order valence-corrected chi connectivity index (χ1v) is 6.69. The first kappa shape index (κ1) is 11.4. The molecular weight excluding hydrogens is 184 g/mol. The van der Waals surface area contributed by atoms with Gasteiger partial charge < -0.3 is 9.80 Å². The van der Waals surface area contributed by atoms with Gasteiger partial charge in [-0.1, -0.05) is 13.8 Å². The zero-order valence-electron chi connectivity index (χ0n) is 10.4. The summed E-state index contributed by atoms with van der Waals surface area (Å²) in [5, 5.41) is 0. The molecule has 0 N–H and O–H groups in total. The van der Waals surface area contributed by atoms with E-state index in [1.54, 1.807) is 0 Å². The third kappa shape index (κ3) is 4.12. The lowest BCUT2D eigenvalue weighted by Gasteiger charge is -2.35. The molecular formula is C13H26N2. The summed E-state index contributed by atoms with van der Waals surface area (Å²) in [4.78, 5) is 5.31. The first-order chi connectivity index (χ1) is 7.24. The average molecular weight is 210 g/mol. The van der Waals surface area contributed by atoms with E-state index in [0.717, 1.165) is 11.8 Å². The number of piperazine rings is 1. The minimum Gasteiger partial charge on any atom is -0.301 e. The van der Waals surface area contributed by atoms with Crippen LogP contribution in [0.15, 0.2) is 0 Å². The van der Waals surface area contributed by atoms with Gasteiger partial charge in [0.05, 0.1) is 0 Å². The van der Waals surface area contributed by atoms with E-state index in [1.165, 1.54) is 58.5 Å². The third-order valence-electron chi connectivity index (χ3n) is 3.70. The second kappa shape index (κ2) is 5.31. The molecule has 0 spiro atoms. The SMILES string of the molecule is CC(C)CCN1CCN(CC2CC2)CC1. The molecule has 2 rings (SSSR count). The van der Waals surface area contributed by atoms with Gasteiger partial charge in [0.15, 0.2) is 0 Å². The minimum atomic E-state index is 0.856. The van der Waals surface area contributed by atoms with Crippen LogP contribution in [0.25, 0.3) is 0 Å². The van der Waals surface area contributed by atoms with Gasteiger partial charge in [-0.05, 0) is 37.6 Å². The predicted octanol–water partition coefficient (Wildman–Crippen LogP) is 2.06. The van der Waals surface area contributed by atoms with E-state index in [2.05, 4.69) is 23.6 Å². The summed E-state index contributed by atoms with van der Waals surface area (Å²) < 4.78 is 0. The molecule has 0 aromatic heterocycles. The standard InChI is InChI=1S/C13H26N2/c1-12(2)5-6-14-7-9-15(10-8-14)11-13-3-4-13/h12-13H,3-11H2,1-2H3. The van der Waals surface area contributed by atoms with Crippen LogP contribution in [0.3, 0.4) is 0 Å². The van der Waals surface area contributed by atoms with E-state index in [-0.39, 0.29) is 0 Å². The normalized spacial score (nSPS) is 25.0. The molecule has 0 amide bonds. The number of nitrogens with zero attached hydrogens (tertiary/aromatic N) is 2. The number of rotatable bonds is 5. The Labute approximate surface area is 94.6 Å². The summed E-state index contributed by atoms with van der Waals surface area (Å²) in [7, 11) is 0. The van der Waals surface area contributed by atoms with Crippen molar-refractivity contribution in [1.29, 1.82) is 0 Å². The molecule has 1 saturated carbocycles. The Morgan fingerprint density at radius 2 is 1.60 bits per heavy atom. The van der Waals surface area contributed by atoms with E-state index in [4.69, 9.17) is 0 Å². The van der Waals surface area contributed by atoms with Gasteiger partial charge in [0.1, 0.15) is 0 Å². The fourth-order valence-electron chi connectivity index (χ4n) is 2.30. The first-order valence-electron chi connectivity index (χ1n) is 6.69. The van der Waals surface area contributed by atoms with Crippen LogP contribution in [-0.4, -0.2) is 49.1 Å². The monoisotopic (exact) mass is 210 g/mol. The number of hydrogen-bond acceptors (Lipinski definition) is 2. The van der Waals surface area contributed by atoms with Crippen molar-refractivity contribution in [2.24, 2.45) is 11.8 Å². The van der Waals surface area contributed by atoms with Crippen molar-refractivity contribution in [3.8, 4) is 0 Å². The number of hydrogen-bond donors (Lipinski definition) is 0. The minimum absolute atomic E-state index is 0.856. The van der Waals surface area contributed by atoms with Gasteiger partial charge in [0, 0.05) is 32.7 Å². The van der Waals surface area contributed by atoms with Crippen molar-refractivity contribution in [3.63, 3.8) is 0 Å². The van der Waals surface area contributed by atoms with Gasteiger partial charge in [-0.2, -0.15) is 0 Å². The topological polar surface area (TPSA) is 6.48 Å². The molecule has 88 valence electrons. The highest BCUT2D eigenvalue weighted by Crippen LogP contribution is 2.29. The molecule has 15 heavy (non-hydrogen) atoms. The summed E-state index contributed by atoms with van der Waals surface area (Å²) >= 11 is 0. The van der Waals surface area contributed by atoms with E-state index in [9.17, 15) is 0 Å². The van der Waals surface area contributed by atoms with Gasteiger partial charge in [0.2, 0.25) is 0 Å². The highest BCUT2D eigenvalue weighted by Gasteiger charge is 2.26. The van der Waals surface area contributed by atoms with Crippen LogP contribution in [0.2, 0.25) is 0 Å². The van der Waals surface area contributed by atoms with Crippen LogP contribution in [0.1, 0.15) is 33.1 Å². The summed E-state index contributed by atoms with van der Waals surface area (Å²) in [6, 6.07) is 0. The highest BCUT2D eigenvalue weighted by molar-refractivity contribution is 4.80. The maximum Gasteiger partial charge on any atom is 0.0110 e. The molecule has 2 nitrogen and oxygen atoms in total. The lowest BCUT2D eigenvalue weighted by molar-refractivity contribution is 0.124. The Morgan fingerprint density at radius 1 is 1.00 bits per heavy atom. The molecule has 0 atom stereocenters. The lowest BCUT2D eigenvalue weighted by atomic mass is 10.1. The van der Waals surface area contributed by atoms with Gasteiger partial charge in [-0.3, -0.25) is 0 Å². The molecule has 0 radical (unpaired) electrons. The van der Waals surface area contributed by atoms with Crippen LogP contribution in [0.4, 0.5) is 0 Å². The molecule has 2 fully saturated rings. The molecule has 0 aromatic carbocycles. The van der Waals surface area contributed by atoms with E-state index in [1.807, 2.05) is 0 Å². The third-order valence-corrected chi connectivity index (χ3v) is 3.70. The second-order valence-electron chi connectivity index (χ2n) is 5.77. The van der Waals surface area contributed by atoms with E-state index >= 15 is 0 Å². The molecule has 0 bridgehead atoms. The van der Waals surface area contributed by atoms with Gasteiger partial charge in [0.25, 0.3) is 0 Å². The molecule has 0 unspecified atom stereocenters. The largest absolute Gasteiger partial charge is 0.301 e. The summed E-state index contributed by atoms with van der Waals surface area (Å²) in [5.74, 6) is 1.92. The molecule has 0 aromatic rings. The Bertz CT molecular complexity index is 179. The summed E-state index contributed by atoms with van der Waals surface area (Å²) in [6.45, 7) is 12.6. The van der Waals surface area contributed by atoms with Crippen molar-refractivity contribution >= 4 is 0 Å². The smallest absolute Gasteiger partial charge is 0.0110 e. The van der Waals surface area contributed by atoms with Crippen molar-refractivity contribution < 1.29 is 0 Å². The molecule has 1 aliphatic carbocycles. The van der Waals surface area contributed by atoms with Crippen LogP contribution in [-0.2, 0) is 0 Å². The zero-order chi connectivity index (χ0) is 10.7. The Hall–Kier alpha value is -0.0800. The highest BCUT2D eigenvalue weighted by atomic mass is 15.3.